The minimum absolute atomic E-state index is 0.0288. The van der Waals surface area contributed by atoms with Crippen LogP contribution in [0.2, 0.25) is 0 Å². The summed E-state index contributed by atoms with van der Waals surface area (Å²) >= 11 is 0. The van der Waals surface area contributed by atoms with Crippen molar-refractivity contribution >= 4 is 32.5 Å². The summed E-state index contributed by atoms with van der Waals surface area (Å²) in [5, 5.41) is 3.64. The first kappa shape index (κ1) is 18.9. The number of amides is 1. The number of carbonyl (C=O) groups excluding carboxylic acids is 1. The lowest BCUT2D eigenvalue weighted by molar-refractivity contribution is 0.102. The van der Waals surface area contributed by atoms with Crippen LogP contribution in [0, 0.1) is 0 Å². The monoisotopic (exact) mass is 385 g/mol. The van der Waals surface area contributed by atoms with Gasteiger partial charge >= 0.3 is 0 Å². The molecule has 2 N–H and O–H groups in total. The number of hydrogen-bond acceptors (Lipinski definition) is 4. The summed E-state index contributed by atoms with van der Waals surface area (Å²) in [7, 11) is -4.44. The predicted octanol–water partition coefficient (Wildman–Crippen LogP) is 4.13. The molecule has 27 heavy (non-hydrogen) atoms. The van der Waals surface area contributed by atoms with Gasteiger partial charge in [0, 0.05) is 16.6 Å². The number of carbonyl (C=O) groups is 1. The number of benzene rings is 3. The summed E-state index contributed by atoms with van der Waals surface area (Å²) in [6, 6.07) is 16.2. The predicted molar refractivity (Wildman–Crippen MR) is 104 cm³/mol. The van der Waals surface area contributed by atoms with Crippen LogP contribution in [0.4, 0.5) is 5.69 Å². The first-order valence-electron chi connectivity index (χ1n) is 8.32. The Balaban J connectivity index is 1.91. The van der Waals surface area contributed by atoms with Crippen molar-refractivity contribution in [3.05, 3.63) is 66.2 Å². The number of fused-ring (bicyclic) bond motifs is 1. The van der Waals surface area contributed by atoms with Crippen molar-refractivity contribution < 1.29 is 22.5 Å². The van der Waals surface area contributed by atoms with Crippen molar-refractivity contribution in [3.63, 3.8) is 0 Å². The quantitative estimate of drug-likeness (QED) is 0.644. The van der Waals surface area contributed by atoms with E-state index in [0.29, 0.717) is 22.1 Å². The van der Waals surface area contributed by atoms with E-state index in [1.807, 2.05) is 13.8 Å². The molecule has 7 heteroatoms. The second kappa shape index (κ2) is 7.38. The van der Waals surface area contributed by atoms with Gasteiger partial charge in [-0.15, -0.1) is 0 Å². The zero-order valence-corrected chi connectivity index (χ0v) is 15.7. The average molecular weight is 385 g/mol. The molecule has 1 amide bonds. The molecule has 0 aliphatic rings. The van der Waals surface area contributed by atoms with Gasteiger partial charge < -0.3 is 10.1 Å². The Morgan fingerprint density at radius 2 is 1.70 bits per heavy atom. The summed E-state index contributed by atoms with van der Waals surface area (Å²) in [4.78, 5) is 12.2. The van der Waals surface area contributed by atoms with Crippen LogP contribution < -0.4 is 10.1 Å². The minimum atomic E-state index is -4.44. The summed E-state index contributed by atoms with van der Waals surface area (Å²) in [5.41, 5.74) is 0.668. The van der Waals surface area contributed by atoms with Gasteiger partial charge in [0.1, 0.15) is 10.6 Å². The van der Waals surface area contributed by atoms with E-state index < -0.39 is 16.0 Å². The highest BCUT2D eigenvalue weighted by atomic mass is 32.2. The average Bonchev–Trinajstić information content (AvgIpc) is 2.60. The summed E-state index contributed by atoms with van der Waals surface area (Å²) < 4.78 is 38.5. The first-order valence-corrected chi connectivity index (χ1v) is 9.76. The van der Waals surface area contributed by atoms with Crippen LogP contribution in [0.15, 0.2) is 65.6 Å². The summed E-state index contributed by atoms with van der Waals surface area (Å²) in [6.07, 6.45) is 0.0288. The van der Waals surface area contributed by atoms with E-state index in [9.17, 15) is 17.8 Å². The van der Waals surface area contributed by atoms with Crippen LogP contribution in [0.25, 0.3) is 10.8 Å². The number of rotatable bonds is 5. The molecule has 0 fully saturated rings. The van der Waals surface area contributed by atoms with Crippen LogP contribution in [0.3, 0.4) is 0 Å². The van der Waals surface area contributed by atoms with Crippen LogP contribution in [-0.4, -0.2) is 25.0 Å². The Morgan fingerprint density at radius 1 is 1.04 bits per heavy atom. The third-order valence-corrected chi connectivity index (χ3v) is 4.74. The highest BCUT2D eigenvalue weighted by Crippen LogP contribution is 2.28. The Morgan fingerprint density at radius 3 is 2.33 bits per heavy atom. The van der Waals surface area contributed by atoms with Crippen LogP contribution in [0.5, 0.6) is 5.75 Å². The largest absolute Gasteiger partial charge is 0.491 e. The Labute approximate surface area is 157 Å². The number of anilines is 1. The first-order chi connectivity index (χ1) is 12.7. The van der Waals surface area contributed by atoms with E-state index in [2.05, 4.69) is 5.32 Å². The maximum atomic E-state index is 12.5. The molecular formula is C20H19NO5S. The molecular weight excluding hydrogens is 366 g/mol. The molecule has 0 saturated carbocycles. The molecule has 0 atom stereocenters. The molecule has 3 rings (SSSR count). The molecule has 3 aromatic carbocycles. The molecule has 0 aromatic heterocycles. The van der Waals surface area contributed by atoms with Gasteiger partial charge in [-0.2, -0.15) is 8.42 Å². The molecule has 0 bridgehead atoms. The Hall–Kier alpha value is -2.90. The van der Waals surface area contributed by atoms with Gasteiger partial charge in [-0.05, 0) is 55.6 Å². The minimum Gasteiger partial charge on any atom is -0.491 e. The number of ether oxygens (including phenoxy) is 1. The van der Waals surface area contributed by atoms with Gasteiger partial charge in [0.2, 0.25) is 0 Å². The van der Waals surface area contributed by atoms with E-state index in [4.69, 9.17) is 4.74 Å². The van der Waals surface area contributed by atoms with Gasteiger partial charge in [-0.1, -0.05) is 24.3 Å². The molecule has 0 saturated heterocycles. The number of hydrogen-bond donors (Lipinski definition) is 2. The molecule has 0 aliphatic carbocycles. The maximum Gasteiger partial charge on any atom is 0.295 e. The van der Waals surface area contributed by atoms with Gasteiger partial charge in [0.25, 0.3) is 16.0 Å². The van der Waals surface area contributed by atoms with Crippen molar-refractivity contribution in [1.29, 1.82) is 0 Å². The lowest BCUT2D eigenvalue weighted by Gasteiger charge is -2.11. The highest BCUT2D eigenvalue weighted by molar-refractivity contribution is 7.86. The Bertz CT molecular complexity index is 1090. The smallest absolute Gasteiger partial charge is 0.295 e. The van der Waals surface area contributed by atoms with Crippen molar-refractivity contribution in [2.24, 2.45) is 0 Å². The van der Waals surface area contributed by atoms with E-state index >= 15 is 0 Å². The fourth-order valence-corrected chi connectivity index (χ4v) is 3.46. The zero-order chi connectivity index (χ0) is 19.6. The molecule has 3 aromatic rings. The molecule has 0 spiro atoms. The molecule has 0 radical (unpaired) electrons. The van der Waals surface area contributed by atoms with Gasteiger partial charge in [-0.25, -0.2) is 0 Å². The second-order valence-electron chi connectivity index (χ2n) is 6.32. The van der Waals surface area contributed by atoms with Gasteiger partial charge in [0.15, 0.2) is 0 Å². The third kappa shape index (κ3) is 4.45. The van der Waals surface area contributed by atoms with Crippen LogP contribution in [0.1, 0.15) is 24.2 Å². The summed E-state index contributed by atoms with van der Waals surface area (Å²) in [5.74, 6) is 0.253. The Kier molecular flexibility index (Phi) is 5.16. The van der Waals surface area contributed by atoms with Crippen molar-refractivity contribution in [3.8, 4) is 5.75 Å². The van der Waals surface area contributed by atoms with E-state index in [1.165, 1.54) is 6.07 Å². The molecule has 0 unspecified atom stereocenters. The fourth-order valence-electron chi connectivity index (χ4n) is 2.72. The van der Waals surface area contributed by atoms with E-state index in [-0.39, 0.29) is 16.7 Å². The SMILES string of the molecule is CC(C)Oc1ccc(C(=O)Nc2cc(S(=O)(=O)O)c3ccccc3c2)cc1. The normalized spacial score (nSPS) is 11.6. The standard InChI is InChI=1S/C20H19NO5S/c1-13(2)26-17-9-7-14(8-10-17)20(22)21-16-11-15-5-3-4-6-18(15)19(12-16)27(23,24)25/h3-13H,1-2H3,(H,21,22)(H,23,24,25). The fraction of sp³-hybridized carbons (Fsp3) is 0.150. The molecule has 140 valence electrons. The van der Waals surface area contributed by atoms with Crippen molar-refractivity contribution in [2.45, 2.75) is 24.8 Å². The third-order valence-electron chi connectivity index (χ3n) is 3.85. The van der Waals surface area contributed by atoms with Crippen molar-refractivity contribution in [1.82, 2.24) is 0 Å². The van der Waals surface area contributed by atoms with E-state index in [0.717, 1.165) is 0 Å². The molecule has 0 aliphatic heterocycles. The highest BCUT2D eigenvalue weighted by Gasteiger charge is 2.16. The lowest BCUT2D eigenvalue weighted by Crippen LogP contribution is -2.13. The van der Waals surface area contributed by atoms with E-state index in [1.54, 1.807) is 54.6 Å². The number of nitrogens with one attached hydrogen (secondary N) is 1. The van der Waals surface area contributed by atoms with Crippen molar-refractivity contribution in [2.75, 3.05) is 5.32 Å². The zero-order valence-electron chi connectivity index (χ0n) is 14.8. The molecule has 0 heterocycles. The summed E-state index contributed by atoms with van der Waals surface area (Å²) in [6.45, 7) is 3.82. The molecule has 6 nitrogen and oxygen atoms in total. The second-order valence-corrected chi connectivity index (χ2v) is 7.71. The topological polar surface area (TPSA) is 92.7 Å². The maximum absolute atomic E-state index is 12.5. The van der Waals surface area contributed by atoms with Gasteiger partial charge in [-0.3, -0.25) is 9.35 Å². The van der Waals surface area contributed by atoms with Crippen LogP contribution in [-0.2, 0) is 10.1 Å². The van der Waals surface area contributed by atoms with Crippen LogP contribution >= 0.6 is 0 Å². The lowest BCUT2D eigenvalue weighted by atomic mass is 10.1. The van der Waals surface area contributed by atoms with Gasteiger partial charge in [0.05, 0.1) is 6.10 Å².